The number of piperazine rings is 1. The molecule has 0 unspecified atom stereocenters. The van der Waals surface area contributed by atoms with Gasteiger partial charge in [0.1, 0.15) is 0 Å². The van der Waals surface area contributed by atoms with Crippen LogP contribution in [-0.4, -0.2) is 56.7 Å². The first-order valence-electron chi connectivity index (χ1n) is 10.2. The summed E-state index contributed by atoms with van der Waals surface area (Å²) in [6.07, 6.45) is 4.31. The molecule has 1 aliphatic rings. The van der Waals surface area contributed by atoms with Gasteiger partial charge >= 0.3 is 0 Å². The highest BCUT2D eigenvalue weighted by Crippen LogP contribution is 2.19. The van der Waals surface area contributed by atoms with E-state index in [9.17, 15) is 4.79 Å². The summed E-state index contributed by atoms with van der Waals surface area (Å²) in [6.45, 7) is 8.13. The van der Waals surface area contributed by atoms with Crippen molar-refractivity contribution in [1.29, 1.82) is 0 Å². The highest BCUT2D eigenvalue weighted by Gasteiger charge is 2.26. The Balaban J connectivity index is 1.44. The van der Waals surface area contributed by atoms with E-state index < -0.39 is 0 Å². The molecule has 1 fully saturated rings. The molecule has 0 radical (unpaired) electrons. The third-order valence-corrected chi connectivity index (χ3v) is 5.48. The third-order valence-electron chi connectivity index (χ3n) is 5.48. The van der Waals surface area contributed by atoms with Gasteiger partial charge in [-0.05, 0) is 37.6 Å². The molecule has 1 saturated heterocycles. The third kappa shape index (κ3) is 4.22. The van der Waals surface area contributed by atoms with Crippen LogP contribution in [-0.2, 0) is 13.0 Å². The minimum Gasteiger partial charge on any atom is -0.336 e. The lowest BCUT2D eigenvalue weighted by Gasteiger charge is -2.34. The van der Waals surface area contributed by atoms with Crippen molar-refractivity contribution in [3.8, 4) is 5.69 Å². The van der Waals surface area contributed by atoms with E-state index in [1.165, 1.54) is 5.56 Å². The largest absolute Gasteiger partial charge is 0.336 e. The second-order valence-corrected chi connectivity index (χ2v) is 7.50. The summed E-state index contributed by atoms with van der Waals surface area (Å²) in [7, 11) is 0. The lowest BCUT2D eigenvalue weighted by Crippen LogP contribution is -2.48. The lowest BCUT2D eigenvalue weighted by molar-refractivity contribution is 0.0626. The van der Waals surface area contributed by atoms with Crippen LogP contribution in [0.3, 0.4) is 0 Å². The Morgan fingerprint density at radius 1 is 1.03 bits per heavy atom. The Kier molecular flexibility index (Phi) is 5.71. The summed E-state index contributed by atoms with van der Waals surface area (Å²) >= 11 is 0. The first-order valence-corrected chi connectivity index (χ1v) is 10.2. The van der Waals surface area contributed by atoms with Crippen molar-refractivity contribution in [3.63, 3.8) is 0 Å². The van der Waals surface area contributed by atoms with Gasteiger partial charge in [0.25, 0.3) is 5.91 Å². The summed E-state index contributed by atoms with van der Waals surface area (Å²) < 4.78 is 1.89. The van der Waals surface area contributed by atoms with E-state index in [4.69, 9.17) is 0 Å². The predicted molar refractivity (Wildman–Crippen MR) is 113 cm³/mol. The molecule has 0 bridgehead atoms. The summed E-state index contributed by atoms with van der Waals surface area (Å²) in [5.41, 5.74) is 4.95. The van der Waals surface area contributed by atoms with E-state index in [1.54, 1.807) is 6.20 Å². The highest BCUT2D eigenvalue weighted by molar-refractivity contribution is 5.95. The van der Waals surface area contributed by atoms with Gasteiger partial charge in [-0.1, -0.05) is 30.7 Å². The van der Waals surface area contributed by atoms with Gasteiger partial charge in [-0.15, -0.1) is 0 Å². The Hall–Kier alpha value is -2.99. The van der Waals surface area contributed by atoms with Crippen molar-refractivity contribution >= 4 is 5.91 Å². The fourth-order valence-corrected chi connectivity index (χ4v) is 3.80. The molecule has 1 aliphatic heterocycles. The molecular weight excluding hydrogens is 362 g/mol. The molecule has 0 atom stereocenters. The van der Waals surface area contributed by atoms with E-state index in [0.717, 1.165) is 56.2 Å². The normalized spacial score (nSPS) is 14.9. The van der Waals surface area contributed by atoms with E-state index in [-0.39, 0.29) is 5.91 Å². The maximum atomic E-state index is 13.2. The zero-order valence-electron chi connectivity index (χ0n) is 17.1. The standard InChI is InChI=1S/C23H27N5O/c1-3-22-21(16-25-28(22)20-9-7-18(2)8-10-20)23(29)27-14-12-26(13-15-27)17-19-6-4-5-11-24-19/h4-11,16H,3,12-15,17H2,1-2H3. The topological polar surface area (TPSA) is 54.3 Å². The van der Waals surface area contributed by atoms with Crippen LogP contribution in [0, 0.1) is 6.92 Å². The molecule has 0 aliphatic carbocycles. The van der Waals surface area contributed by atoms with Crippen LogP contribution < -0.4 is 0 Å². The minimum atomic E-state index is 0.0812. The molecule has 1 amide bonds. The Bertz CT molecular complexity index is 957. The van der Waals surface area contributed by atoms with Crippen LogP contribution in [0.15, 0.2) is 54.9 Å². The summed E-state index contributed by atoms with van der Waals surface area (Å²) in [5.74, 6) is 0.0812. The van der Waals surface area contributed by atoms with Gasteiger partial charge in [-0.25, -0.2) is 4.68 Å². The monoisotopic (exact) mass is 389 g/mol. The Morgan fingerprint density at radius 2 is 1.79 bits per heavy atom. The smallest absolute Gasteiger partial charge is 0.257 e. The molecule has 29 heavy (non-hydrogen) atoms. The molecular formula is C23H27N5O. The number of amides is 1. The van der Waals surface area contributed by atoms with Crippen molar-refractivity contribution < 1.29 is 4.79 Å². The van der Waals surface area contributed by atoms with E-state index in [2.05, 4.69) is 41.0 Å². The Morgan fingerprint density at radius 3 is 2.45 bits per heavy atom. The van der Waals surface area contributed by atoms with Crippen molar-refractivity contribution in [1.82, 2.24) is 24.6 Å². The molecule has 0 spiro atoms. The van der Waals surface area contributed by atoms with Gasteiger partial charge in [0.2, 0.25) is 0 Å². The van der Waals surface area contributed by atoms with Crippen LogP contribution >= 0.6 is 0 Å². The van der Waals surface area contributed by atoms with Crippen molar-refractivity contribution in [3.05, 3.63) is 77.4 Å². The molecule has 6 heteroatoms. The highest BCUT2D eigenvalue weighted by atomic mass is 16.2. The van der Waals surface area contributed by atoms with Crippen LogP contribution in [0.25, 0.3) is 5.69 Å². The number of pyridine rings is 1. The van der Waals surface area contributed by atoms with Crippen LogP contribution in [0.1, 0.15) is 34.2 Å². The fraction of sp³-hybridized carbons (Fsp3) is 0.348. The number of aromatic nitrogens is 3. The predicted octanol–water partition coefficient (Wildman–Crippen LogP) is 3.10. The van der Waals surface area contributed by atoms with Gasteiger partial charge in [-0.3, -0.25) is 14.7 Å². The molecule has 0 N–H and O–H groups in total. The van der Waals surface area contributed by atoms with Gasteiger partial charge in [0.05, 0.1) is 28.8 Å². The number of carbonyl (C=O) groups is 1. The van der Waals surface area contributed by atoms with Crippen molar-refractivity contribution in [2.24, 2.45) is 0 Å². The summed E-state index contributed by atoms with van der Waals surface area (Å²) in [5, 5.41) is 4.52. The molecule has 6 nitrogen and oxygen atoms in total. The SMILES string of the molecule is CCc1c(C(=O)N2CCN(Cc3ccccn3)CC2)cnn1-c1ccc(C)cc1. The van der Waals surface area contributed by atoms with Gasteiger partial charge in [0.15, 0.2) is 0 Å². The van der Waals surface area contributed by atoms with Crippen LogP contribution in [0.5, 0.6) is 0 Å². The van der Waals surface area contributed by atoms with E-state index in [0.29, 0.717) is 5.56 Å². The molecule has 3 aromatic rings. The first kappa shape index (κ1) is 19.3. The van der Waals surface area contributed by atoms with Gasteiger partial charge < -0.3 is 4.90 Å². The Labute approximate surface area is 171 Å². The number of hydrogen-bond donors (Lipinski definition) is 0. The van der Waals surface area contributed by atoms with Crippen molar-refractivity contribution in [2.45, 2.75) is 26.8 Å². The molecule has 1 aromatic carbocycles. The average molecular weight is 390 g/mol. The second kappa shape index (κ2) is 8.57. The maximum Gasteiger partial charge on any atom is 0.257 e. The fourth-order valence-electron chi connectivity index (χ4n) is 3.80. The molecule has 2 aromatic heterocycles. The average Bonchev–Trinajstić information content (AvgIpc) is 3.19. The van der Waals surface area contributed by atoms with Crippen LogP contribution in [0.2, 0.25) is 0 Å². The van der Waals surface area contributed by atoms with Gasteiger partial charge in [-0.2, -0.15) is 5.10 Å². The van der Waals surface area contributed by atoms with E-state index in [1.807, 2.05) is 46.1 Å². The zero-order chi connectivity index (χ0) is 20.2. The number of aryl methyl sites for hydroxylation is 1. The quantitative estimate of drug-likeness (QED) is 0.673. The van der Waals surface area contributed by atoms with E-state index >= 15 is 0 Å². The lowest BCUT2D eigenvalue weighted by atomic mass is 10.1. The number of hydrogen-bond acceptors (Lipinski definition) is 4. The number of rotatable bonds is 5. The number of carbonyl (C=O) groups excluding carboxylic acids is 1. The number of nitrogens with zero attached hydrogens (tertiary/aromatic N) is 5. The molecule has 4 rings (SSSR count). The zero-order valence-corrected chi connectivity index (χ0v) is 17.1. The van der Waals surface area contributed by atoms with Gasteiger partial charge in [0, 0.05) is 38.9 Å². The van der Waals surface area contributed by atoms with Crippen molar-refractivity contribution in [2.75, 3.05) is 26.2 Å². The van der Waals surface area contributed by atoms with Crippen LogP contribution in [0.4, 0.5) is 0 Å². The summed E-state index contributed by atoms with van der Waals surface area (Å²) in [4.78, 5) is 21.9. The number of benzene rings is 1. The summed E-state index contributed by atoms with van der Waals surface area (Å²) in [6, 6.07) is 14.2. The first-order chi connectivity index (χ1) is 14.2. The minimum absolute atomic E-state index is 0.0812. The second-order valence-electron chi connectivity index (χ2n) is 7.50. The maximum absolute atomic E-state index is 13.2. The molecule has 0 saturated carbocycles. The molecule has 3 heterocycles. The molecule has 150 valence electrons.